The SMILES string of the molecule is CCNc1ccc(Cl)c(CN(CCOC)CCOC)n1. The molecule has 6 heteroatoms. The van der Waals surface area contributed by atoms with Crippen LogP contribution in [0.5, 0.6) is 0 Å². The van der Waals surface area contributed by atoms with Gasteiger partial charge in [-0.2, -0.15) is 0 Å². The maximum atomic E-state index is 6.23. The highest BCUT2D eigenvalue weighted by molar-refractivity contribution is 6.31. The number of anilines is 1. The van der Waals surface area contributed by atoms with Gasteiger partial charge in [0.05, 0.1) is 23.9 Å². The van der Waals surface area contributed by atoms with Crippen LogP contribution in [0.1, 0.15) is 12.6 Å². The van der Waals surface area contributed by atoms with Gasteiger partial charge in [0.15, 0.2) is 0 Å². The van der Waals surface area contributed by atoms with Gasteiger partial charge in [0, 0.05) is 40.4 Å². The smallest absolute Gasteiger partial charge is 0.126 e. The molecule has 1 N–H and O–H groups in total. The van der Waals surface area contributed by atoms with Crippen LogP contribution in [0, 0.1) is 0 Å². The van der Waals surface area contributed by atoms with Gasteiger partial charge in [0.2, 0.25) is 0 Å². The molecular formula is C14H24ClN3O2. The van der Waals surface area contributed by atoms with Crippen molar-refractivity contribution in [3.05, 3.63) is 22.8 Å². The van der Waals surface area contributed by atoms with Crippen LogP contribution >= 0.6 is 11.6 Å². The van der Waals surface area contributed by atoms with Crippen LogP contribution in [0.3, 0.4) is 0 Å². The standard InChI is InChI=1S/C14H24ClN3O2/c1-4-16-14-6-5-12(15)13(17-14)11-18(7-9-19-2)8-10-20-3/h5-6H,4,7-11H2,1-3H3,(H,16,17). The minimum atomic E-state index is 0.675. The average molecular weight is 302 g/mol. The van der Waals surface area contributed by atoms with Crippen LogP contribution in [0.4, 0.5) is 5.82 Å². The lowest BCUT2D eigenvalue weighted by molar-refractivity contribution is 0.109. The summed E-state index contributed by atoms with van der Waals surface area (Å²) < 4.78 is 10.3. The lowest BCUT2D eigenvalue weighted by atomic mass is 10.3. The summed E-state index contributed by atoms with van der Waals surface area (Å²) in [6.07, 6.45) is 0. The Bertz CT molecular complexity index is 383. The zero-order valence-electron chi connectivity index (χ0n) is 12.5. The quantitative estimate of drug-likeness (QED) is 0.718. The number of hydrogen-bond acceptors (Lipinski definition) is 5. The first-order valence-electron chi connectivity index (χ1n) is 6.80. The molecule has 0 aliphatic rings. The average Bonchev–Trinajstić information content (AvgIpc) is 2.45. The molecule has 1 aromatic heterocycles. The highest BCUT2D eigenvalue weighted by Crippen LogP contribution is 2.18. The molecule has 0 saturated carbocycles. The lowest BCUT2D eigenvalue weighted by Gasteiger charge is -2.22. The second-order valence-corrected chi connectivity index (χ2v) is 4.82. The van der Waals surface area contributed by atoms with Gasteiger partial charge in [-0.1, -0.05) is 11.6 Å². The summed E-state index contributed by atoms with van der Waals surface area (Å²) in [5, 5.41) is 3.88. The van der Waals surface area contributed by atoms with E-state index in [1.54, 1.807) is 14.2 Å². The third-order valence-corrected chi connectivity index (χ3v) is 3.22. The van der Waals surface area contributed by atoms with E-state index < -0.39 is 0 Å². The van der Waals surface area contributed by atoms with Crippen LogP contribution in [-0.4, -0.2) is 57.0 Å². The molecule has 114 valence electrons. The molecule has 1 aromatic rings. The summed E-state index contributed by atoms with van der Waals surface area (Å²) in [4.78, 5) is 6.77. The van der Waals surface area contributed by atoms with E-state index in [1.165, 1.54) is 0 Å². The fourth-order valence-corrected chi connectivity index (χ4v) is 1.96. The normalized spacial score (nSPS) is 11.1. The Balaban J connectivity index is 2.71. The lowest BCUT2D eigenvalue weighted by Crippen LogP contribution is -2.30. The predicted molar refractivity (Wildman–Crippen MR) is 82.4 cm³/mol. The van der Waals surface area contributed by atoms with Gasteiger partial charge in [-0.15, -0.1) is 0 Å². The molecule has 0 aliphatic carbocycles. The number of nitrogens with one attached hydrogen (secondary N) is 1. The van der Waals surface area contributed by atoms with Crippen molar-refractivity contribution in [2.75, 3.05) is 52.4 Å². The minimum absolute atomic E-state index is 0.675. The van der Waals surface area contributed by atoms with Crippen LogP contribution in [0.25, 0.3) is 0 Å². The zero-order valence-corrected chi connectivity index (χ0v) is 13.2. The zero-order chi connectivity index (χ0) is 14.8. The number of rotatable bonds is 10. The van der Waals surface area contributed by atoms with Gasteiger partial charge in [-0.05, 0) is 19.1 Å². The Morgan fingerprint density at radius 2 is 1.85 bits per heavy atom. The third kappa shape index (κ3) is 6.05. The maximum absolute atomic E-state index is 6.23. The molecule has 0 atom stereocenters. The van der Waals surface area contributed by atoms with Gasteiger partial charge in [0.1, 0.15) is 5.82 Å². The van der Waals surface area contributed by atoms with E-state index >= 15 is 0 Å². The third-order valence-electron chi connectivity index (χ3n) is 2.87. The van der Waals surface area contributed by atoms with Gasteiger partial charge in [-0.25, -0.2) is 4.98 Å². The van der Waals surface area contributed by atoms with E-state index in [4.69, 9.17) is 21.1 Å². The van der Waals surface area contributed by atoms with Crippen LogP contribution in [0.15, 0.2) is 12.1 Å². The number of methoxy groups -OCH3 is 2. The number of hydrogen-bond donors (Lipinski definition) is 1. The second-order valence-electron chi connectivity index (χ2n) is 4.42. The summed E-state index contributed by atoms with van der Waals surface area (Å²) in [6.45, 7) is 6.56. The summed E-state index contributed by atoms with van der Waals surface area (Å²) in [7, 11) is 3.40. The van der Waals surface area contributed by atoms with Crippen molar-refractivity contribution >= 4 is 17.4 Å². The number of pyridine rings is 1. The first-order chi connectivity index (χ1) is 9.71. The molecule has 0 radical (unpaired) electrons. The summed E-state index contributed by atoms with van der Waals surface area (Å²) in [5.74, 6) is 0.852. The molecule has 20 heavy (non-hydrogen) atoms. The number of nitrogens with zero attached hydrogens (tertiary/aromatic N) is 2. The Kier molecular flexibility index (Phi) is 8.53. The summed E-state index contributed by atoms with van der Waals surface area (Å²) >= 11 is 6.23. The van der Waals surface area contributed by atoms with Crippen LogP contribution in [0.2, 0.25) is 5.02 Å². The van der Waals surface area contributed by atoms with E-state index in [1.807, 2.05) is 19.1 Å². The van der Waals surface area contributed by atoms with E-state index in [2.05, 4.69) is 15.2 Å². The fraction of sp³-hybridized carbons (Fsp3) is 0.643. The molecule has 1 heterocycles. The van der Waals surface area contributed by atoms with Crippen molar-refractivity contribution in [1.29, 1.82) is 0 Å². The van der Waals surface area contributed by atoms with E-state index in [9.17, 15) is 0 Å². The Labute approximate surface area is 126 Å². The van der Waals surface area contributed by atoms with Crippen molar-refractivity contribution in [3.8, 4) is 0 Å². The Morgan fingerprint density at radius 3 is 2.40 bits per heavy atom. The molecule has 5 nitrogen and oxygen atoms in total. The molecule has 0 amide bonds. The highest BCUT2D eigenvalue weighted by atomic mass is 35.5. The molecule has 0 aliphatic heterocycles. The fourth-order valence-electron chi connectivity index (χ4n) is 1.80. The van der Waals surface area contributed by atoms with E-state index in [0.717, 1.165) is 31.1 Å². The molecule has 0 unspecified atom stereocenters. The Hall–Kier alpha value is -0.880. The monoisotopic (exact) mass is 301 g/mol. The summed E-state index contributed by atoms with van der Waals surface area (Å²) in [5.41, 5.74) is 0.873. The topological polar surface area (TPSA) is 46.6 Å². The number of halogens is 1. The largest absolute Gasteiger partial charge is 0.383 e. The van der Waals surface area contributed by atoms with Crippen molar-refractivity contribution in [2.45, 2.75) is 13.5 Å². The Morgan fingerprint density at radius 1 is 1.20 bits per heavy atom. The van der Waals surface area contributed by atoms with Crippen LogP contribution in [-0.2, 0) is 16.0 Å². The molecule has 0 bridgehead atoms. The summed E-state index contributed by atoms with van der Waals surface area (Å²) in [6, 6.07) is 3.77. The van der Waals surface area contributed by atoms with E-state index in [0.29, 0.717) is 24.8 Å². The van der Waals surface area contributed by atoms with Gasteiger partial charge in [0.25, 0.3) is 0 Å². The first-order valence-corrected chi connectivity index (χ1v) is 7.18. The van der Waals surface area contributed by atoms with Gasteiger partial charge >= 0.3 is 0 Å². The highest BCUT2D eigenvalue weighted by Gasteiger charge is 2.10. The van der Waals surface area contributed by atoms with Crippen molar-refractivity contribution in [2.24, 2.45) is 0 Å². The van der Waals surface area contributed by atoms with Crippen LogP contribution < -0.4 is 5.32 Å². The minimum Gasteiger partial charge on any atom is -0.383 e. The number of aromatic nitrogens is 1. The molecule has 1 rings (SSSR count). The van der Waals surface area contributed by atoms with Crippen molar-refractivity contribution in [3.63, 3.8) is 0 Å². The van der Waals surface area contributed by atoms with Gasteiger partial charge in [-0.3, -0.25) is 4.90 Å². The van der Waals surface area contributed by atoms with Crippen molar-refractivity contribution in [1.82, 2.24) is 9.88 Å². The second kappa shape index (κ2) is 9.94. The molecule has 0 spiro atoms. The number of ether oxygens (including phenoxy) is 2. The first kappa shape index (κ1) is 17.2. The molecule has 0 saturated heterocycles. The molecule has 0 fully saturated rings. The molecule has 0 aromatic carbocycles. The molecular weight excluding hydrogens is 278 g/mol. The predicted octanol–water partition coefficient (Wildman–Crippen LogP) is 2.26. The van der Waals surface area contributed by atoms with E-state index in [-0.39, 0.29) is 0 Å². The van der Waals surface area contributed by atoms with Gasteiger partial charge < -0.3 is 14.8 Å². The van der Waals surface area contributed by atoms with Crippen molar-refractivity contribution < 1.29 is 9.47 Å². The maximum Gasteiger partial charge on any atom is 0.126 e.